The lowest BCUT2D eigenvalue weighted by Gasteiger charge is -2.16. The molecule has 2 rings (SSSR count). The molecule has 0 amide bonds. The molecule has 0 fully saturated rings. The fraction of sp³-hybridized carbons (Fsp3) is 0.400. The Morgan fingerprint density at radius 1 is 0.885 bits per heavy atom. The van der Waals surface area contributed by atoms with Gasteiger partial charge in [0.05, 0.1) is 21.7 Å². The van der Waals surface area contributed by atoms with Gasteiger partial charge < -0.3 is 14.8 Å². The molecule has 0 radical (unpaired) electrons. The van der Waals surface area contributed by atoms with E-state index in [1.807, 2.05) is 25.1 Å². The van der Waals surface area contributed by atoms with Crippen LogP contribution in [-0.2, 0) is 13.2 Å². The van der Waals surface area contributed by atoms with Crippen LogP contribution in [-0.4, -0.2) is 13.2 Å². The Kier molecular flexibility index (Phi) is 8.86. The van der Waals surface area contributed by atoms with Crippen molar-refractivity contribution in [2.45, 2.75) is 39.8 Å². The highest BCUT2D eigenvalue weighted by Gasteiger charge is 2.13. The molecule has 0 saturated carbocycles. The van der Waals surface area contributed by atoms with Crippen molar-refractivity contribution in [2.75, 3.05) is 13.2 Å². The lowest BCUT2D eigenvalue weighted by Crippen LogP contribution is -2.14. The molecule has 0 bridgehead atoms. The molecule has 2 aromatic rings. The summed E-state index contributed by atoms with van der Waals surface area (Å²) in [4.78, 5) is 0. The molecule has 0 aliphatic heterocycles. The third kappa shape index (κ3) is 6.24. The van der Waals surface area contributed by atoms with Gasteiger partial charge in [0.1, 0.15) is 6.61 Å². The number of hydrogen-bond acceptors (Lipinski definition) is 3. The summed E-state index contributed by atoms with van der Waals surface area (Å²) < 4.78 is 11.7. The normalized spacial score (nSPS) is 10.8. The number of hydrogen-bond donors (Lipinski definition) is 1. The second kappa shape index (κ2) is 10.9. The monoisotopic (exact) mass is 415 g/mol. The van der Waals surface area contributed by atoms with Crippen LogP contribution in [0.5, 0.6) is 11.5 Å². The zero-order valence-electron chi connectivity index (χ0n) is 15.1. The number of halogens is 3. The van der Waals surface area contributed by atoms with Crippen molar-refractivity contribution in [1.82, 2.24) is 5.32 Å². The van der Waals surface area contributed by atoms with Crippen LogP contribution in [0.2, 0.25) is 15.1 Å². The fourth-order valence-electron chi connectivity index (χ4n) is 2.45. The summed E-state index contributed by atoms with van der Waals surface area (Å²) in [5.41, 5.74) is 1.97. The molecule has 6 heteroatoms. The van der Waals surface area contributed by atoms with Crippen molar-refractivity contribution in [3.8, 4) is 11.5 Å². The lowest BCUT2D eigenvalue weighted by atomic mass is 10.2. The molecular weight excluding hydrogens is 393 g/mol. The van der Waals surface area contributed by atoms with E-state index in [-0.39, 0.29) is 0 Å². The molecule has 0 saturated heterocycles. The fourth-order valence-corrected chi connectivity index (χ4v) is 3.05. The van der Waals surface area contributed by atoms with Crippen molar-refractivity contribution in [3.63, 3.8) is 0 Å². The van der Waals surface area contributed by atoms with E-state index in [4.69, 9.17) is 44.3 Å². The van der Waals surface area contributed by atoms with Gasteiger partial charge in [0.15, 0.2) is 11.5 Å². The maximum Gasteiger partial charge on any atom is 0.180 e. The maximum absolute atomic E-state index is 6.45. The highest BCUT2D eigenvalue weighted by molar-refractivity contribution is 6.42. The first-order valence-corrected chi connectivity index (χ1v) is 9.91. The van der Waals surface area contributed by atoms with Crippen LogP contribution in [0, 0.1) is 0 Å². The standard InChI is InChI=1S/C20H24Cl3NO2/c1-3-5-8-24-12-15-10-18(23)20(19(11-15)25-4-2)26-13-14-6-7-16(21)17(22)9-14/h6-7,9-11,24H,3-5,8,12-13H2,1-2H3. The Balaban J connectivity index is 2.11. The molecule has 26 heavy (non-hydrogen) atoms. The molecule has 3 nitrogen and oxygen atoms in total. The SMILES string of the molecule is CCCCNCc1cc(Cl)c(OCc2ccc(Cl)c(Cl)c2)c(OCC)c1. The molecule has 142 valence electrons. The van der Waals surface area contributed by atoms with Crippen LogP contribution < -0.4 is 14.8 Å². The van der Waals surface area contributed by atoms with E-state index in [2.05, 4.69) is 12.2 Å². The third-order valence-corrected chi connectivity index (χ3v) is 4.79. The van der Waals surface area contributed by atoms with E-state index >= 15 is 0 Å². The Hall–Kier alpha value is -1.13. The first-order valence-electron chi connectivity index (χ1n) is 8.77. The maximum atomic E-state index is 6.45. The summed E-state index contributed by atoms with van der Waals surface area (Å²) in [6.45, 7) is 6.69. The van der Waals surface area contributed by atoms with Gasteiger partial charge in [-0.15, -0.1) is 0 Å². The second-order valence-electron chi connectivity index (χ2n) is 5.91. The number of unbranched alkanes of at least 4 members (excludes halogenated alkanes) is 1. The minimum Gasteiger partial charge on any atom is -0.490 e. The van der Waals surface area contributed by atoms with E-state index in [0.29, 0.717) is 39.8 Å². The molecule has 0 spiro atoms. The molecule has 0 atom stereocenters. The van der Waals surface area contributed by atoms with Crippen molar-refractivity contribution in [3.05, 3.63) is 56.5 Å². The molecule has 0 aliphatic rings. The number of ether oxygens (including phenoxy) is 2. The number of nitrogens with one attached hydrogen (secondary N) is 1. The highest BCUT2D eigenvalue weighted by Crippen LogP contribution is 2.37. The predicted molar refractivity (Wildman–Crippen MR) is 110 cm³/mol. The Labute approximate surface area is 170 Å². The van der Waals surface area contributed by atoms with Gasteiger partial charge in [-0.3, -0.25) is 0 Å². The summed E-state index contributed by atoms with van der Waals surface area (Å²) in [6.07, 6.45) is 2.32. The van der Waals surface area contributed by atoms with Crippen molar-refractivity contribution in [1.29, 1.82) is 0 Å². The summed E-state index contributed by atoms with van der Waals surface area (Å²) in [6, 6.07) is 9.28. The Bertz CT molecular complexity index is 722. The summed E-state index contributed by atoms with van der Waals surface area (Å²) in [5, 5.41) is 4.95. The minimum absolute atomic E-state index is 0.324. The average Bonchev–Trinajstić information content (AvgIpc) is 2.61. The van der Waals surface area contributed by atoms with Crippen LogP contribution in [0.1, 0.15) is 37.8 Å². The van der Waals surface area contributed by atoms with Crippen molar-refractivity contribution < 1.29 is 9.47 Å². The third-order valence-electron chi connectivity index (χ3n) is 3.77. The lowest BCUT2D eigenvalue weighted by molar-refractivity contribution is 0.269. The summed E-state index contributed by atoms with van der Waals surface area (Å²) >= 11 is 18.5. The van der Waals surface area contributed by atoms with Crippen molar-refractivity contribution in [2.24, 2.45) is 0 Å². The van der Waals surface area contributed by atoms with E-state index < -0.39 is 0 Å². The minimum atomic E-state index is 0.324. The Morgan fingerprint density at radius 3 is 2.35 bits per heavy atom. The van der Waals surface area contributed by atoms with E-state index in [0.717, 1.165) is 30.6 Å². The van der Waals surface area contributed by atoms with Gasteiger partial charge in [0.2, 0.25) is 0 Å². The van der Waals surface area contributed by atoms with Gasteiger partial charge in [-0.05, 0) is 55.3 Å². The first-order chi connectivity index (χ1) is 12.5. The van der Waals surface area contributed by atoms with E-state index in [1.54, 1.807) is 12.1 Å². The topological polar surface area (TPSA) is 30.5 Å². The van der Waals surface area contributed by atoms with Crippen LogP contribution >= 0.6 is 34.8 Å². The quantitative estimate of drug-likeness (QED) is 0.447. The Morgan fingerprint density at radius 2 is 1.65 bits per heavy atom. The molecule has 2 aromatic carbocycles. The van der Waals surface area contributed by atoms with Gasteiger partial charge in [-0.1, -0.05) is 54.2 Å². The summed E-state index contributed by atoms with van der Waals surface area (Å²) in [7, 11) is 0. The zero-order valence-corrected chi connectivity index (χ0v) is 17.3. The largest absolute Gasteiger partial charge is 0.490 e. The molecule has 1 N–H and O–H groups in total. The predicted octanol–water partition coefficient (Wildman–Crippen LogP) is 6.51. The van der Waals surface area contributed by atoms with Gasteiger partial charge in [0, 0.05) is 6.54 Å². The summed E-state index contributed by atoms with van der Waals surface area (Å²) in [5.74, 6) is 1.18. The molecule has 0 heterocycles. The average molecular weight is 417 g/mol. The van der Waals surface area contributed by atoms with E-state index in [9.17, 15) is 0 Å². The molecule has 0 aliphatic carbocycles. The highest BCUT2D eigenvalue weighted by atomic mass is 35.5. The molecule has 0 aromatic heterocycles. The zero-order chi connectivity index (χ0) is 18.9. The number of rotatable bonds is 10. The van der Waals surface area contributed by atoms with Crippen LogP contribution in [0.4, 0.5) is 0 Å². The van der Waals surface area contributed by atoms with E-state index in [1.165, 1.54) is 6.42 Å². The van der Waals surface area contributed by atoms with Crippen molar-refractivity contribution >= 4 is 34.8 Å². The van der Waals surface area contributed by atoms with Crippen LogP contribution in [0.25, 0.3) is 0 Å². The van der Waals surface area contributed by atoms with Gasteiger partial charge >= 0.3 is 0 Å². The first kappa shape index (κ1) is 21.2. The van der Waals surface area contributed by atoms with Gasteiger partial charge in [-0.25, -0.2) is 0 Å². The van der Waals surface area contributed by atoms with Crippen LogP contribution in [0.3, 0.4) is 0 Å². The smallest absolute Gasteiger partial charge is 0.180 e. The van der Waals surface area contributed by atoms with Gasteiger partial charge in [0.25, 0.3) is 0 Å². The molecular formula is C20H24Cl3NO2. The van der Waals surface area contributed by atoms with Gasteiger partial charge in [-0.2, -0.15) is 0 Å². The molecule has 0 unspecified atom stereocenters. The number of benzene rings is 2. The second-order valence-corrected chi connectivity index (χ2v) is 7.13. The van der Waals surface area contributed by atoms with Crippen LogP contribution in [0.15, 0.2) is 30.3 Å².